The van der Waals surface area contributed by atoms with Crippen LogP contribution in [0.5, 0.6) is 5.75 Å². The molecule has 2 nitrogen and oxygen atoms in total. The predicted octanol–water partition coefficient (Wildman–Crippen LogP) is 1.74. The molecule has 0 aliphatic heterocycles. The zero-order valence-electron chi connectivity index (χ0n) is 8.72. The molecule has 3 heteroatoms. The topological polar surface area (TPSA) is 21.3 Å². The van der Waals surface area contributed by atoms with E-state index in [2.05, 4.69) is 11.2 Å². The van der Waals surface area contributed by atoms with Gasteiger partial charge in [-0.15, -0.1) is 6.42 Å². The van der Waals surface area contributed by atoms with Crippen LogP contribution in [-0.2, 0) is 0 Å². The highest BCUT2D eigenvalue weighted by Gasteiger charge is 2.02. The van der Waals surface area contributed by atoms with E-state index in [1.54, 1.807) is 12.1 Å². The number of benzene rings is 1. The Labute approximate surface area is 89.4 Å². The van der Waals surface area contributed by atoms with Gasteiger partial charge in [0.15, 0.2) is 11.6 Å². The fraction of sp³-hybridized carbons (Fsp3) is 0.333. The van der Waals surface area contributed by atoms with E-state index >= 15 is 0 Å². The van der Waals surface area contributed by atoms with E-state index < -0.39 is 0 Å². The van der Waals surface area contributed by atoms with Gasteiger partial charge in [-0.1, -0.05) is 12.0 Å². The first kappa shape index (κ1) is 11.5. The minimum absolute atomic E-state index is 0.289. The van der Waals surface area contributed by atoms with Gasteiger partial charge in [-0.25, -0.2) is 4.39 Å². The molecule has 0 amide bonds. The zero-order chi connectivity index (χ0) is 11.1. The summed E-state index contributed by atoms with van der Waals surface area (Å²) in [5, 5.41) is 2.96. The summed E-state index contributed by atoms with van der Waals surface area (Å²) in [4.78, 5) is 0. The maximum absolute atomic E-state index is 13.2. The van der Waals surface area contributed by atoms with Crippen molar-refractivity contribution in [2.24, 2.45) is 0 Å². The summed E-state index contributed by atoms with van der Waals surface area (Å²) >= 11 is 0. The van der Waals surface area contributed by atoms with Gasteiger partial charge in [-0.05, 0) is 24.6 Å². The van der Waals surface area contributed by atoms with Crippen molar-refractivity contribution in [1.82, 2.24) is 5.32 Å². The molecule has 0 unspecified atom stereocenters. The summed E-state index contributed by atoms with van der Waals surface area (Å²) in [5.74, 6) is 2.40. The molecule has 1 rings (SSSR count). The van der Waals surface area contributed by atoms with Gasteiger partial charge in [0.2, 0.25) is 0 Å². The fourth-order valence-electron chi connectivity index (χ4n) is 1.11. The van der Waals surface area contributed by atoms with Crippen LogP contribution in [0.2, 0.25) is 0 Å². The maximum atomic E-state index is 13.2. The normalized spacial score (nSPS) is 9.67. The number of rotatable bonds is 5. The van der Waals surface area contributed by atoms with Crippen molar-refractivity contribution >= 4 is 0 Å². The molecule has 0 bridgehead atoms. The number of ether oxygens (including phenoxy) is 1. The van der Waals surface area contributed by atoms with Crippen LogP contribution < -0.4 is 10.1 Å². The van der Waals surface area contributed by atoms with E-state index in [1.165, 1.54) is 6.07 Å². The average Bonchev–Trinajstić information content (AvgIpc) is 2.23. The summed E-state index contributed by atoms with van der Waals surface area (Å²) in [6, 6.07) is 4.79. The summed E-state index contributed by atoms with van der Waals surface area (Å²) in [5.41, 5.74) is 0.975. The molecule has 0 heterocycles. The van der Waals surface area contributed by atoms with Gasteiger partial charge in [0, 0.05) is 6.54 Å². The van der Waals surface area contributed by atoms with Crippen molar-refractivity contribution in [3.05, 3.63) is 29.6 Å². The molecule has 1 N–H and O–H groups in total. The van der Waals surface area contributed by atoms with Crippen LogP contribution in [0.25, 0.3) is 0 Å². The molecule has 0 radical (unpaired) electrons. The molecule has 0 saturated carbocycles. The standard InChI is InChI=1S/C12H14FNO/c1-3-6-14-7-8-15-12-9-10(2)4-5-11(12)13/h1,4-5,9,14H,6-8H2,2H3. The van der Waals surface area contributed by atoms with Crippen molar-refractivity contribution in [2.75, 3.05) is 19.7 Å². The molecular formula is C12H14FNO. The molecule has 0 atom stereocenters. The number of nitrogens with one attached hydrogen (secondary N) is 1. The van der Waals surface area contributed by atoms with E-state index in [-0.39, 0.29) is 11.6 Å². The molecule has 0 aliphatic rings. The molecule has 15 heavy (non-hydrogen) atoms. The molecule has 0 aromatic heterocycles. The summed E-state index contributed by atoms with van der Waals surface area (Å²) in [6.45, 7) is 3.40. The molecule has 1 aromatic rings. The number of hydrogen-bond acceptors (Lipinski definition) is 2. The Morgan fingerprint density at radius 1 is 1.53 bits per heavy atom. The highest BCUT2D eigenvalue weighted by molar-refractivity contribution is 5.29. The largest absolute Gasteiger partial charge is 0.489 e. The Morgan fingerprint density at radius 2 is 2.33 bits per heavy atom. The van der Waals surface area contributed by atoms with Gasteiger partial charge >= 0.3 is 0 Å². The van der Waals surface area contributed by atoms with Crippen LogP contribution in [0.4, 0.5) is 4.39 Å². The fourth-order valence-corrected chi connectivity index (χ4v) is 1.11. The van der Waals surface area contributed by atoms with E-state index in [0.717, 1.165) is 5.56 Å². The van der Waals surface area contributed by atoms with Crippen molar-refractivity contribution in [3.63, 3.8) is 0 Å². The lowest BCUT2D eigenvalue weighted by Crippen LogP contribution is -2.21. The third kappa shape index (κ3) is 4.01. The lowest BCUT2D eigenvalue weighted by Gasteiger charge is -2.07. The van der Waals surface area contributed by atoms with Crippen molar-refractivity contribution in [3.8, 4) is 18.1 Å². The second kappa shape index (κ2) is 6.05. The van der Waals surface area contributed by atoms with Crippen LogP contribution in [0.3, 0.4) is 0 Å². The smallest absolute Gasteiger partial charge is 0.165 e. The first-order chi connectivity index (χ1) is 7.24. The molecule has 80 valence electrons. The van der Waals surface area contributed by atoms with Crippen LogP contribution in [0.1, 0.15) is 5.56 Å². The Hall–Kier alpha value is -1.53. The van der Waals surface area contributed by atoms with Gasteiger partial charge in [-0.3, -0.25) is 0 Å². The molecule has 0 saturated heterocycles. The molecule has 0 spiro atoms. The van der Waals surface area contributed by atoms with Crippen molar-refractivity contribution in [1.29, 1.82) is 0 Å². The third-order valence-corrected chi connectivity index (χ3v) is 1.85. The quantitative estimate of drug-likeness (QED) is 0.586. The summed E-state index contributed by atoms with van der Waals surface area (Å²) in [6.07, 6.45) is 5.05. The third-order valence-electron chi connectivity index (χ3n) is 1.85. The predicted molar refractivity (Wildman–Crippen MR) is 58.3 cm³/mol. The second-order valence-electron chi connectivity index (χ2n) is 3.16. The first-order valence-corrected chi connectivity index (χ1v) is 4.77. The Balaban J connectivity index is 2.37. The van der Waals surface area contributed by atoms with Crippen LogP contribution in [-0.4, -0.2) is 19.7 Å². The minimum atomic E-state index is -0.336. The second-order valence-corrected chi connectivity index (χ2v) is 3.16. The monoisotopic (exact) mass is 207 g/mol. The van der Waals surface area contributed by atoms with Gasteiger partial charge in [0.1, 0.15) is 6.61 Å². The lowest BCUT2D eigenvalue weighted by molar-refractivity contribution is 0.301. The maximum Gasteiger partial charge on any atom is 0.165 e. The first-order valence-electron chi connectivity index (χ1n) is 4.77. The Morgan fingerprint density at radius 3 is 3.07 bits per heavy atom. The molecule has 1 aromatic carbocycles. The zero-order valence-corrected chi connectivity index (χ0v) is 8.72. The van der Waals surface area contributed by atoms with Crippen molar-refractivity contribution < 1.29 is 9.13 Å². The minimum Gasteiger partial charge on any atom is -0.489 e. The van der Waals surface area contributed by atoms with E-state index in [0.29, 0.717) is 19.7 Å². The highest BCUT2D eigenvalue weighted by atomic mass is 19.1. The van der Waals surface area contributed by atoms with Gasteiger partial charge in [0.05, 0.1) is 6.54 Å². The molecule has 0 fully saturated rings. The number of aryl methyl sites for hydroxylation is 1. The number of hydrogen-bond donors (Lipinski definition) is 1. The van der Waals surface area contributed by atoms with E-state index in [1.807, 2.05) is 6.92 Å². The lowest BCUT2D eigenvalue weighted by atomic mass is 10.2. The van der Waals surface area contributed by atoms with Crippen molar-refractivity contribution in [2.45, 2.75) is 6.92 Å². The number of halogens is 1. The molecule has 0 aliphatic carbocycles. The van der Waals surface area contributed by atoms with Gasteiger partial charge < -0.3 is 10.1 Å². The van der Waals surface area contributed by atoms with Crippen LogP contribution >= 0.6 is 0 Å². The Bertz CT molecular complexity index is 357. The Kier molecular flexibility index (Phi) is 4.65. The van der Waals surface area contributed by atoms with E-state index in [4.69, 9.17) is 11.2 Å². The van der Waals surface area contributed by atoms with Crippen LogP contribution in [0, 0.1) is 25.1 Å². The van der Waals surface area contributed by atoms with E-state index in [9.17, 15) is 4.39 Å². The average molecular weight is 207 g/mol. The molecular weight excluding hydrogens is 193 g/mol. The SMILES string of the molecule is C#CCNCCOc1cc(C)ccc1F. The summed E-state index contributed by atoms with van der Waals surface area (Å²) in [7, 11) is 0. The van der Waals surface area contributed by atoms with Gasteiger partial charge in [-0.2, -0.15) is 0 Å². The summed E-state index contributed by atoms with van der Waals surface area (Å²) < 4.78 is 18.4. The number of terminal acetylenes is 1. The highest BCUT2D eigenvalue weighted by Crippen LogP contribution is 2.17. The van der Waals surface area contributed by atoms with Gasteiger partial charge in [0.25, 0.3) is 0 Å². The van der Waals surface area contributed by atoms with Crippen LogP contribution in [0.15, 0.2) is 18.2 Å².